The second kappa shape index (κ2) is 6.83. The number of nitro benzene ring substituents is 1. The molecule has 2 rings (SSSR count). The summed E-state index contributed by atoms with van der Waals surface area (Å²) in [5.41, 5.74) is -0.721. The molecule has 2 N–H and O–H groups in total. The molecule has 2 aromatic rings. The molecule has 0 saturated heterocycles. The fraction of sp³-hybridized carbons (Fsp3) is 0.231. The third-order valence-corrected chi connectivity index (χ3v) is 3.95. The van der Waals surface area contributed by atoms with E-state index in [1.165, 1.54) is 24.3 Å². The molecule has 1 aromatic carbocycles. The van der Waals surface area contributed by atoms with E-state index in [2.05, 4.69) is 10.3 Å². The molecular formula is C13H10F3N3O4S. The molecule has 11 heteroatoms. The lowest BCUT2D eigenvalue weighted by Gasteiger charge is -2.14. The highest BCUT2D eigenvalue weighted by molar-refractivity contribution is 7.09. The molecule has 1 aromatic heterocycles. The van der Waals surface area contributed by atoms with Crippen LogP contribution < -0.4 is 5.32 Å². The molecule has 1 heterocycles. The van der Waals surface area contributed by atoms with Gasteiger partial charge in [-0.1, -0.05) is 12.1 Å². The monoisotopic (exact) mass is 361 g/mol. The minimum absolute atomic E-state index is 0.00903. The number of non-ortho nitro benzene ring substituents is 1. The Labute approximate surface area is 136 Å². The smallest absolute Gasteiger partial charge is 0.434 e. The topological polar surface area (TPSA) is 105 Å². The average molecular weight is 361 g/mol. The highest BCUT2D eigenvalue weighted by atomic mass is 32.1. The van der Waals surface area contributed by atoms with E-state index in [0.717, 1.165) is 5.38 Å². The van der Waals surface area contributed by atoms with Crippen molar-refractivity contribution in [3.8, 4) is 0 Å². The van der Waals surface area contributed by atoms with Crippen LogP contribution in [0, 0.1) is 10.1 Å². The Kier molecular flexibility index (Phi) is 5.02. The van der Waals surface area contributed by atoms with Crippen molar-refractivity contribution >= 4 is 23.1 Å². The maximum Gasteiger partial charge on any atom is 0.434 e. The molecule has 0 saturated carbocycles. The largest absolute Gasteiger partial charge is 0.465 e. The van der Waals surface area contributed by atoms with Crippen molar-refractivity contribution in [1.29, 1.82) is 0 Å². The van der Waals surface area contributed by atoms with Crippen molar-refractivity contribution in [2.75, 3.05) is 0 Å². The van der Waals surface area contributed by atoms with Gasteiger partial charge in [0.1, 0.15) is 5.01 Å². The van der Waals surface area contributed by atoms with Crippen LogP contribution in [0.1, 0.15) is 22.3 Å². The second-order valence-electron chi connectivity index (χ2n) is 4.70. The zero-order valence-electron chi connectivity index (χ0n) is 11.8. The quantitative estimate of drug-likeness (QED) is 0.625. The Hall–Kier alpha value is -2.69. The lowest BCUT2D eigenvalue weighted by molar-refractivity contribution is -0.384. The van der Waals surface area contributed by atoms with Gasteiger partial charge in [0.05, 0.1) is 11.0 Å². The van der Waals surface area contributed by atoms with Gasteiger partial charge < -0.3 is 10.4 Å². The Morgan fingerprint density at radius 1 is 1.38 bits per heavy atom. The van der Waals surface area contributed by atoms with Crippen molar-refractivity contribution < 1.29 is 28.0 Å². The number of benzene rings is 1. The van der Waals surface area contributed by atoms with E-state index in [1.54, 1.807) is 0 Å². The first-order chi connectivity index (χ1) is 11.2. The second-order valence-corrected chi connectivity index (χ2v) is 5.59. The molecule has 1 unspecified atom stereocenters. The van der Waals surface area contributed by atoms with Crippen LogP contribution in [-0.2, 0) is 12.6 Å². The molecule has 0 aliphatic rings. The number of alkyl halides is 3. The summed E-state index contributed by atoms with van der Waals surface area (Å²) in [5, 5.41) is 22.3. The number of amides is 1. The van der Waals surface area contributed by atoms with Crippen LogP contribution in [0.2, 0.25) is 0 Å². The predicted molar refractivity (Wildman–Crippen MR) is 77.8 cm³/mol. The van der Waals surface area contributed by atoms with E-state index >= 15 is 0 Å². The fourth-order valence-electron chi connectivity index (χ4n) is 1.92. The Bertz CT molecular complexity index is 746. The van der Waals surface area contributed by atoms with Crippen molar-refractivity contribution in [3.63, 3.8) is 0 Å². The molecule has 128 valence electrons. The molecule has 0 spiro atoms. The number of hydrogen-bond donors (Lipinski definition) is 2. The third kappa shape index (κ3) is 4.41. The van der Waals surface area contributed by atoms with Gasteiger partial charge in [0.15, 0.2) is 5.69 Å². The minimum Gasteiger partial charge on any atom is -0.465 e. The zero-order chi connectivity index (χ0) is 17.9. The summed E-state index contributed by atoms with van der Waals surface area (Å²) in [5.74, 6) is 0. The van der Waals surface area contributed by atoms with E-state index in [9.17, 15) is 28.1 Å². The molecule has 7 nitrogen and oxygen atoms in total. The van der Waals surface area contributed by atoms with Gasteiger partial charge in [-0.05, 0) is 12.0 Å². The number of hydrogen-bond acceptors (Lipinski definition) is 5. The molecule has 0 aliphatic heterocycles. The molecule has 0 fully saturated rings. The van der Waals surface area contributed by atoms with Crippen LogP contribution in [0.15, 0.2) is 29.6 Å². The SMILES string of the molecule is O=C(O)NC(Cc1ccc([N+](=O)[O-])cc1)c1nc(C(F)(F)F)cs1. The normalized spacial score (nSPS) is 12.6. The Balaban J connectivity index is 2.23. The summed E-state index contributed by atoms with van der Waals surface area (Å²) in [6, 6.07) is 4.29. The first-order valence-electron chi connectivity index (χ1n) is 6.42. The summed E-state index contributed by atoms with van der Waals surface area (Å²) in [7, 11) is 0. The number of nitrogens with one attached hydrogen (secondary N) is 1. The average Bonchev–Trinajstić information content (AvgIpc) is 2.96. The standard InChI is InChI=1S/C13H10F3N3O4S/c14-13(15,16)10-6-24-11(18-10)9(17-12(20)21)5-7-1-3-8(4-2-7)19(22)23/h1-4,6,9,17H,5H2,(H,20,21). The summed E-state index contributed by atoms with van der Waals surface area (Å²) in [6.45, 7) is 0. The van der Waals surface area contributed by atoms with Gasteiger partial charge in [0, 0.05) is 17.5 Å². The molecule has 24 heavy (non-hydrogen) atoms. The number of rotatable bonds is 5. The fourth-order valence-corrected chi connectivity index (χ4v) is 2.79. The van der Waals surface area contributed by atoms with Gasteiger partial charge in [-0.3, -0.25) is 10.1 Å². The molecular weight excluding hydrogens is 351 g/mol. The van der Waals surface area contributed by atoms with Crippen molar-refractivity contribution in [1.82, 2.24) is 10.3 Å². The van der Waals surface area contributed by atoms with Crippen molar-refractivity contribution in [3.05, 3.63) is 56.0 Å². The highest BCUT2D eigenvalue weighted by Gasteiger charge is 2.34. The van der Waals surface area contributed by atoms with Crippen molar-refractivity contribution in [2.45, 2.75) is 18.6 Å². The van der Waals surface area contributed by atoms with Crippen LogP contribution in [0.25, 0.3) is 0 Å². The number of carbonyl (C=O) groups is 1. The molecule has 0 aliphatic carbocycles. The number of halogens is 3. The van der Waals surface area contributed by atoms with Gasteiger partial charge in [-0.25, -0.2) is 9.78 Å². The number of nitro groups is 1. The molecule has 1 amide bonds. The predicted octanol–water partition coefficient (Wildman–Crippen LogP) is 3.62. The molecule has 1 atom stereocenters. The van der Waals surface area contributed by atoms with Gasteiger partial charge >= 0.3 is 12.3 Å². The highest BCUT2D eigenvalue weighted by Crippen LogP contribution is 2.32. The summed E-state index contributed by atoms with van der Waals surface area (Å²) in [6.07, 6.45) is -6.02. The van der Waals surface area contributed by atoms with Crippen LogP contribution in [0.3, 0.4) is 0 Å². The van der Waals surface area contributed by atoms with E-state index in [0.29, 0.717) is 16.9 Å². The van der Waals surface area contributed by atoms with Crippen LogP contribution in [-0.4, -0.2) is 21.1 Å². The number of nitrogens with zero attached hydrogens (tertiary/aromatic N) is 2. The van der Waals surface area contributed by atoms with Crippen molar-refractivity contribution in [2.24, 2.45) is 0 Å². The summed E-state index contributed by atoms with van der Waals surface area (Å²) < 4.78 is 37.9. The van der Waals surface area contributed by atoms with E-state index < -0.39 is 28.9 Å². The molecule has 0 radical (unpaired) electrons. The lowest BCUT2D eigenvalue weighted by atomic mass is 10.1. The third-order valence-electron chi connectivity index (χ3n) is 3.00. The summed E-state index contributed by atoms with van der Waals surface area (Å²) >= 11 is 0.689. The van der Waals surface area contributed by atoms with Gasteiger partial charge in [-0.15, -0.1) is 11.3 Å². The number of thiazole rings is 1. The van der Waals surface area contributed by atoms with Crippen LogP contribution in [0.4, 0.5) is 23.7 Å². The lowest BCUT2D eigenvalue weighted by Crippen LogP contribution is -2.28. The Morgan fingerprint density at radius 3 is 2.46 bits per heavy atom. The minimum atomic E-state index is -4.62. The van der Waals surface area contributed by atoms with E-state index in [-0.39, 0.29) is 17.1 Å². The van der Waals surface area contributed by atoms with Crippen LogP contribution >= 0.6 is 11.3 Å². The maximum atomic E-state index is 12.6. The van der Waals surface area contributed by atoms with Gasteiger partial charge in [0.2, 0.25) is 0 Å². The van der Waals surface area contributed by atoms with E-state index in [1.807, 2.05) is 0 Å². The number of aromatic nitrogens is 1. The zero-order valence-corrected chi connectivity index (χ0v) is 12.6. The van der Waals surface area contributed by atoms with Crippen LogP contribution in [0.5, 0.6) is 0 Å². The first-order valence-corrected chi connectivity index (χ1v) is 7.30. The number of carboxylic acid groups (broad SMARTS) is 1. The first kappa shape index (κ1) is 17.7. The maximum absolute atomic E-state index is 12.6. The van der Waals surface area contributed by atoms with E-state index in [4.69, 9.17) is 5.11 Å². The van der Waals surface area contributed by atoms with Gasteiger partial charge in [0.25, 0.3) is 5.69 Å². The summed E-state index contributed by atoms with van der Waals surface area (Å²) in [4.78, 5) is 24.3. The van der Waals surface area contributed by atoms with Gasteiger partial charge in [-0.2, -0.15) is 13.2 Å². The Morgan fingerprint density at radius 2 is 2.00 bits per heavy atom. The molecule has 0 bridgehead atoms.